The molecule has 1 aliphatic heterocycles. The van der Waals surface area contributed by atoms with Crippen molar-refractivity contribution in [1.29, 1.82) is 0 Å². The number of piperazine rings is 1. The van der Waals surface area contributed by atoms with E-state index >= 15 is 0 Å². The van der Waals surface area contributed by atoms with Crippen molar-refractivity contribution >= 4 is 27.4 Å². The van der Waals surface area contributed by atoms with Crippen molar-refractivity contribution in [2.24, 2.45) is 0 Å². The summed E-state index contributed by atoms with van der Waals surface area (Å²) >= 11 is 1.42. The molecule has 0 amide bonds. The Kier molecular flexibility index (Phi) is 9.86. The summed E-state index contributed by atoms with van der Waals surface area (Å²) in [6, 6.07) is 8.98. The molecule has 10 nitrogen and oxygen atoms in total. The third-order valence-corrected chi connectivity index (χ3v) is 9.42. The van der Waals surface area contributed by atoms with E-state index in [1.165, 1.54) is 11.8 Å². The minimum Gasteiger partial charge on any atom is -0.491 e. The van der Waals surface area contributed by atoms with Gasteiger partial charge in [-0.2, -0.15) is 5.10 Å². The molecule has 1 saturated heterocycles. The minimum absolute atomic E-state index is 0.142. The van der Waals surface area contributed by atoms with Crippen LogP contribution in [0.25, 0.3) is 0 Å². The van der Waals surface area contributed by atoms with Crippen LogP contribution in [0.5, 0.6) is 5.75 Å². The average Bonchev–Trinajstić information content (AvgIpc) is 3.32. The molecule has 0 bridgehead atoms. The highest BCUT2D eigenvalue weighted by atomic mass is 32.2. The highest BCUT2D eigenvalue weighted by molar-refractivity contribution is 7.99. The summed E-state index contributed by atoms with van der Waals surface area (Å²) in [7, 11) is 2.60. The van der Waals surface area contributed by atoms with Gasteiger partial charge >= 0.3 is 0 Å². The van der Waals surface area contributed by atoms with Crippen molar-refractivity contribution < 1.29 is 13.2 Å². The largest absolute Gasteiger partial charge is 0.491 e. The van der Waals surface area contributed by atoms with E-state index < -0.39 is 9.84 Å². The molecule has 0 saturated carbocycles. The number of sulfone groups is 1. The number of aromatic amines is 1. The van der Waals surface area contributed by atoms with Gasteiger partial charge in [-0.1, -0.05) is 6.92 Å². The minimum atomic E-state index is -3.26. The van der Waals surface area contributed by atoms with E-state index in [4.69, 9.17) is 14.7 Å². The SMILES string of the molecule is CCCS(=O)(=O)c1ccc(Sc2nc(Cc3cc(C)[nH]n3)c(OC)c(N3CCN(CCN(C)C)CC3)n2)cc1. The predicted octanol–water partition coefficient (Wildman–Crippen LogP) is 3.13. The van der Waals surface area contributed by atoms with E-state index in [1.54, 1.807) is 19.2 Å². The first-order valence-corrected chi connectivity index (χ1v) is 15.7. The number of methoxy groups -OCH3 is 1. The second-order valence-electron chi connectivity index (χ2n) is 10.1. The monoisotopic (exact) mass is 573 g/mol. The number of likely N-dealkylation sites (N-methyl/N-ethyl adjacent to an activating group) is 1. The Balaban J connectivity index is 1.61. The van der Waals surface area contributed by atoms with Crippen LogP contribution in [0.1, 0.15) is 30.4 Å². The van der Waals surface area contributed by atoms with Crippen LogP contribution in [-0.4, -0.2) is 105 Å². The van der Waals surface area contributed by atoms with Crippen molar-refractivity contribution in [2.45, 2.75) is 41.6 Å². The molecular formula is C27H39N7O3S2. The fourth-order valence-corrected chi connectivity index (χ4v) is 6.61. The molecule has 3 aromatic rings. The Labute approximate surface area is 236 Å². The maximum atomic E-state index is 12.4. The molecule has 0 aliphatic carbocycles. The number of anilines is 1. The van der Waals surface area contributed by atoms with Crippen LogP contribution in [0.15, 0.2) is 45.3 Å². The first-order chi connectivity index (χ1) is 18.7. The molecule has 2 aromatic heterocycles. The summed E-state index contributed by atoms with van der Waals surface area (Å²) < 4.78 is 30.8. The van der Waals surface area contributed by atoms with E-state index in [1.807, 2.05) is 32.0 Å². The maximum Gasteiger partial charge on any atom is 0.194 e. The van der Waals surface area contributed by atoms with Gasteiger partial charge in [0.15, 0.2) is 26.6 Å². The Hall–Kier alpha value is -2.67. The van der Waals surface area contributed by atoms with Crippen LogP contribution in [0.4, 0.5) is 5.82 Å². The molecule has 39 heavy (non-hydrogen) atoms. The van der Waals surface area contributed by atoms with E-state index in [-0.39, 0.29) is 5.75 Å². The lowest BCUT2D eigenvalue weighted by Gasteiger charge is -2.36. The zero-order valence-corrected chi connectivity index (χ0v) is 25.1. The maximum absolute atomic E-state index is 12.4. The normalized spacial score (nSPS) is 14.8. The fraction of sp³-hybridized carbons (Fsp3) is 0.519. The van der Waals surface area contributed by atoms with Crippen LogP contribution >= 0.6 is 11.8 Å². The van der Waals surface area contributed by atoms with Crippen LogP contribution in [0, 0.1) is 6.92 Å². The molecule has 1 N–H and O–H groups in total. The van der Waals surface area contributed by atoms with Gasteiger partial charge in [-0.25, -0.2) is 18.4 Å². The Morgan fingerprint density at radius 1 is 1.10 bits per heavy atom. The third kappa shape index (κ3) is 7.71. The molecule has 1 fully saturated rings. The van der Waals surface area contributed by atoms with Gasteiger partial charge < -0.3 is 14.5 Å². The van der Waals surface area contributed by atoms with E-state index in [9.17, 15) is 8.42 Å². The number of aryl methyl sites for hydroxylation is 1. The van der Waals surface area contributed by atoms with Gasteiger partial charge in [0.2, 0.25) is 0 Å². The Bertz CT molecular complexity index is 1340. The third-order valence-electron chi connectivity index (χ3n) is 6.61. The standard InChI is InChI=1S/C27H39N7O3S2/c1-6-17-39(35,36)23-9-7-22(8-10-23)38-27-28-24(19-21-18-20(2)30-31-21)25(37-5)26(29-27)34-15-13-33(14-16-34)12-11-32(3)4/h7-10,18H,6,11-17,19H2,1-5H3,(H,30,31). The topological polar surface area (TPSA) is 108 Å². The zero-order valence-electron chi connectivity index (χ0n) is 23.5. The van der Waals surface area contributed by atoms with Gasteiger partial charge in [0.25, 0.3) is 0 Å². The van der Waals surface area contributed by atoms with Crippen molar-refractivity contribution in [3.05, 3.63) is 47.4 Å². The van der Waals surface area contributed by atoms with E-state index in [2.05, 4.69) is 39.0 Å². The number of hydrogen-bond donors (Lipinski definition) is 1. The van der Waals surface area contributed by atoms with Crippen molar-refractivity contribution in [3.8, 4) is 5.75 Å². The molecule has 1 aliphatic rings. The van der Waals surface area contributed by atoms with Crippen LogP contribution < -0.4 is 9.64 Å². The highest BCUT2D eigenvalue weighted by Gasteiger charge is 2.25. The van der Waals surface area contributed by atoms with E-state index in [0.29, 0.717) is 28.6 Å². The average molecular weight is 574 g/mol. The zero-order chi connectivity index (χ0) is 28.0. The summed E-state index contributed by atoms with van der Waals surface area (Å²) in [6.45, 7) is 9.49. The van der Waals surface area contributed by atoms with Crippen LogP contribution in [-0.2, 0) is 16.3 Å². The van der Waals surface area contributed by atoms with E-state index in [0.717, 1.165) is 67.1 Å². The summed E-state index contributed by atoms with van der Waals surface area (Å²) in [5, 5.41) is 8.00. The van der Waals surface area contributed by atoms with Gasteiger partial charge in [-0.05, 0) is 69.5 Å². The molecule has 12 heteroatoms. The predicted molar refractivity (Wildman–Crippen MR) is 155 cm³/mol. The van der Waals surface area contributed by atoms with Crippen molar-refractivity contribution in [1.82, 2.24) is 30.0 Å². The van der Waals surface area contributed by atoms with Gasteiger partial charge in [0.1, 0.15) is 0 Å². The lowest BCUT2D eigenvalue weighted by Crippen LogP contribution is -2.48. The summed E-state index contributed by atoms with van der Waals surface area (Å²) in [5.74, 6) is 1.59. The summed E-state index contributed by atoms with van der Waals surface area (Å²) in [4.78, 5) is 18.0. The molecule has 0 atom stereocenters. The Morgan fingerprint density at radius 2 is 1.82 bits per heavy atom. The fourth-order valence-electron chi connectivity index (χ4n) is 4.52. The molecule has 4 rings (SSSR count). The van der Waals surface area contributed by atoms with Gasteiger partial charge in [0.05, 0.1) is 29.1 Å². The Morgan fingerprint density at radius 3 is 2.41 bits per heavy atom. The first-order valence-electron chi connectivity index (χ1n) is 13.3. The van der Waals surface area contributed by atoms with Crippen molar-refractivity contribution in [2.75, 3.05) is 71.1 Å². The van der Waals surface area contributed by atoms with Gasteiger partial charge in [-0.3, -0.25) is 10.00 Å². The molecular weight excluding hydrogens is 534 g/mol. The van der Waals surface area contributed by atoms with Crippen molar-refractivity contribution in [3.63, 3.8) is 0 Å². The molecule has 212 valence electrons. The number of nitrogens with one attached hydrogen (secondary N) is 1. The molecule has 3 heterocycles. The molecule has 0 spiro atoms. The number of rotatable bonds is 12. The second kappa shape index (κ2) is 13.1. The molecule has 1 aromatic carbocycles. The number of hydrogen-bond acceptors (Lipinski definition) is 10. The van der Waals surface area contributed by atoms with Gasteiger partial charge in [0, 0.05) is 56.3 Å². The smallest absolute Gasteiger partial charge is 0.194 e. The number of benzene rings is 1. The highest BCUT2D eigenvalue weighted by Crippen LogP contribution is 2.35. The number of aromatic nitrogens is 4. The molecule has 0 unspecified atom stereocenters. The quantitative estimate of drug-likeness (QED) is 0.325. The number of nitrogens with zero attached hydrogens (tertiary/aromatic N) is 6. The van der Waals surface area contributed by atoms with Gasteiger partial charge in [-0.15, -0.1) is 0 Å². The summed E-state index contributed by atoms with van der Waals surface area (Å²) in [6.07, 6.45) is 1.09. The summed E-state index contributed by atoms with van der Waals surface area (Å²) in [5.41, 5.74) is 2.64. The lowest BCUT2D eigenvalue weighted by atomic mass is 10.2. The molecule has 0 radical (unpaired) electrons. The first kappa shape index (κ1) is 29.3. The number of H-pyrrole nitrogens is 1. The lowest BCUT2D eigenvalue weighted by molar-refractivity contribution is 0.228. The second-order valence-corrected chi connectivity index (χ2v) is 13.2. The number of ether oxygens (including phenoxy) is 1. The van der Waals surface area contributed by atoms with Crippen LogP contribution in [0.3, 0.4) is 0 Å². The van der Waals surface area contributed by atoms with Crippen LogP contribution in [0.2, 0.25) is 0 Å².